The average molecular weight is 457 g/mol. The van der Waals surface area contributed by atoms with Crippen molar-refractivity contribution in [3.8, 4) is 0 Å². The van der Waals surface area contributed by atoms with Crippen molar-refractivity contribution in [3.05, 3.63) is 12.2 Å². The molecule has 0 bridgehead atoms. The number of esters is 1. The van der Waals surface area contributed by atoms with E-state index < -0.39 is 27.8 Å². The summed E-state index contributed by atoms with van der Waals surface area (Å²) in [4.78, 5) is 11.4. The zero-order valence-electron chi connectivity index (χ0n) is 19.5. The molecule has 172 valence electrons. The van der Waals surface area contributed by atoms with Crippen LogP contribution in [0.2, 0.25) is 0 Å². The van der Waals surface area contributed by atoms with Crippen molar-refractivity contribution in [3.63, 3.8) is 0 Å². The van der Waals surface area contributed by atoms with Crippen molar-refractivity contribution in [2.24, 2.45) is 5.92 Å². The summed E-state index contributed by atoms with van der Waals surface area (Å²) in [5.41, 5.74) is 0.228. The van der Waals surface area contributed by atoms with Crippen molar-refractivity contribution in [1.82, 2.24) is 0 Å². The molecular weight excluding hydrogens is 415 g/mol. The summed E-state index contributed by atoms with van der Waals surface area (Å²) >= 11 is 0. The molecule has 0 aliphatic carbocycles. The number of carbonyl (C=O) groups is 1. The number of rotatable bonds is 20. The molecule has 1 unspecified atom stereocenters. The number of ether oxygens (including phenoxy) is 2. The first-order valence-electron chi connectivity index (χ1n) is 11.1. The molecular formula is C22H41NaO6S. The fourth-order valence-corrected chi connectivity index (χ4v) is 3.81. The minimum atomic E-state index is -4.40. The van der Waals surface area contributed by atoms with Gasteiger partial charge in [0.15, 0.2) is 0 Å². The van der Waals surface area contributed by atoms with E-state index in [0.717, 1.165) is 12.8 Å². The molecule has 6 nitrogen and oxygen atoms in total. The van der Waals surface area contributed by atoms with Crippen molar-refractivity contribution < 1.29 is 56.8 Å². The summed E-state index contributed by atoms with van der Waals surface area (Å²) in [6.07, 6.45) is 15.1. The molecule has 0 rings (SSSR count). The van der Waals surface area contributed by atoms with Crippen molar-refractivity contribution in [2.45, 2.75) is 90.9 Å². The standard InChI is InChI=1S/C22H42O6S.Na/c1-4-5-6-7-8-9-10-11-12-13-14-15-16-27-17-21(19-29(24,25)26)18-28-22(23)20(2)3;/h21H,2,4-19H2,1,3H3,(H,24,25,26);/q;+1/p-1. The predicted molar refractivity (Wildman–Crippen MR) is 116 cm³/mol. The number of carbonyl (C=O) groups excluding carboxylic acids is 1. The molecule has 0 heterocycles. The average Bonchev–Trinajstić information content (AvgIpc) is 2.64. The molecule has 0 aliphatic rings. The Morgan fingerprint density at radius 3 is 1.80 bits per heavy atom. The molecule has 0 saturated carbocycles. The third-order valence-electron chi connectivity index (χ3n) is 4.73. The molecule has 0 radical (unpaired) electrons. The van der Waals surface area contributed by atoms with Gasteiger partial charge in [-0.3, -0.25) is 0 Å². The van der Waals surface area contributed by atoms with Crippen LogP contribution in [-0.4, -0.2) is 44.5 Å². The van der Waals surface area contributed by atoms with Crippen LogP contribution in [0.1, 0.15) is 90.9 Å². The van der Waals surface area contributed by atoms with Crippen LogP contribution in [0.4, 0.5) is 0 Å². The molecule has 0 fully saturated rings. The zero-order chi connectivity index (χ0) is 22.0. The predicted octanol–water partition coefficient (Wildman–Crippen LogP) is 1.99. The van der Waals surface area contributed by atoms with E-state index in [-0.39, 0.29) is 48.3 Å². The van der Waals surface area contributed by atoms with Gasteiger partial charge in [0, 0.05) is 23.9 Å². The van der Waals surface area contributed by atoms with E-state index >= 15 is 0 Å². The topological polar surface area (TPSA) is 92.7 Å². The SMILES string of the molecule is C=C(C)C(=O)OCC(COCCCCCCCCCCCCCC)CS(=O)(=O)[O-].[Na+]. The van der Waals surface area contributed by atoms with E-state index in [1.807, 2.05) is 0 Å². The summed E-state index contributed by atoms with van der Waals surface area (Å²) in [7, 11) is -4.40. The van der Waals surface area contributed by atoms with Gasteiger partial charge in [-0.25, -0.2) is 13.2 Å². The second kappa shape index (κ2) is 21.0. The van der Waals surface area contributed by atoms with Gasteiger partial charge < -0.3 is 14.0 Å². The van der Waals surface area contributed by atoms with Gasteiger partial charge in [-0.15, -0.1) is 0 Å². The summed E-state index contributed by atoms with van der Waals surface area (Å²) in [5, 5.41) is 0. The van der Waals surface area contributed by atoms with Gasteiger partial charge in [-0.2, -0.15) is 0 Å². The molecule has 0 aliphatic heterocycles. The first-order valence-corrected chi connectivity index (χ1v) is 12.7. The molecule has 0 spiro atoms. The van der Waals surface area contributed by atoms with Crippen LogP contribution in [0.5, 0.6) is 0 Å². The van der Waals surface area contributed by atoms with E-state index in [4.69, 9.17) is 9.47 Å². The Hall–Kier alpha value is 0.0800. The smallest absolute Gasteiger partial charge is 0.748 e. The van der Waals surface area contributed by atoms with Crippen LogP contribution in [-0.2, 0) is 24.4 Å². The Labute approximate surface area is 206 Å². The first-order chi connectivity index (χ1) is 13.8. The number of hydrogen-bond acceptors (Lipinski definition) is 6. The summed E-state index contributed by atoms with van der Waals surface area (Å²) in [6, 6.07) is 0. The summed E-state index contributed by atoms with van der Waals surface area (Å²) < 4.78 is 43.5. The second-order valence-corrected chi connectivity index (χ2v) is 9.38. The molecule has 0 saturated heterocycles. The molecule has 8 heteroatoms. The maximum absolute atomic E-state index is 11.4. The first kappa shape index (κ1) is 32.3. The van der Waals surface area contributed by atoms with E-state index in [1.165, 1.54) is 71.1 Å². The fraction of sp³-hybridized carbons (Fsp3) is 0.864. The van der Waals surface area contributed by atoms with E-state index in [1.54, 1.807) is 0 Å². The van der Waals surface area contributed by atoms with Crippen LogP contribution in [0.15, 0.2) is 12.2 Å². The monoisotopic (exact) mass is 456 g/mol. The quantitative estimate of drug-likeness (QED) is 0.0915. The summed E-state index contributed by atoms with van der Waals surface area (Å²) in [5.74, 6) is -1.85. The van der Waals surface area contributed by atoms with Gasteiger partial charge >= 0.3 is 35.5 Å². The molecule has 0 amide bonds. The maximum atomic E-state index is 11.4. The van der Waals surface area contributed by atoms with Crippen LogP contribution >= 0.6 is 0 Å². The van der Waals surface area contributed by atoms with Gasteiger partial charge in [-0.05, 0) is 13.3 Å². The zero-order valence-corrected chi connectivity index (χ0v) is 22.3. The maximum Gasteiger partial charge on any atom is 1.00 e. The third-order valence-corrected chi connectivity index (χ3v) is 5.61. The molecule has 0 N–H and O–H groups in total. The Balaban J connectivity index is 0. The minimum absolute atomic E-state index is 0. The van der Waals surface area contributed by atoms with Gasteiger partial charge in [0.05, 0.1) is 23.3 Å². The fourth-order valence-electron chi connectivity index (χ4n) is 3.04. The largest absolute Gasteiger partial charge is 1.00 e. The molecule has 0 aromatic rings. The van der Waals surface area contributed by atoms with Gasteiger partial charge in [0.25, 0.3) is 0 Å². The van der Waals surface area contributed by atoms with Crippen molar-refractivity contribution in [2.75, 3.05) is 25.6 Å². The Morgan fingerprint density at radius 2 is 1.37 bits per heavy atom. The third kappa shape index (κ3) is 22.8. The Bertz CT molecular complexity index is 536. The van der Waals surface area contributed by atoms with E-state index in [2.05, 4.69) is 13.5 Å². The van der Waals surface area contributed by atoms with E-state index in [0.29, 0.717) is 6.61 Å². The normalized spacial score (nSPS) is 12.2. The van der Waals surface area contributed by atoms with Crippen LogP contribution in [0.3, 0.4) is 0 Å². The van der Waals surface area contributed by atoms with Gasteiger partial charge in [-0.1, -0.05) is 84.1 Å². The minimum Gasteiger partial charge on any atom is -0.748 e. The molecule has 1 atom stereocenters. The van der Waals surface area contributed by atoms with Crippen molar-refractivity contribution >= 4 is 16.1 Å². The second-order valence-electron chi connectivity index (χ2n) is 7.93. The van der Waals surface area contributed by atoms with Gasteiger partial charge in [0.2, 0.25) is 0 Å². The Kier molecular flexibility index (Phi) is 22.5. The Morgan fingerprint density at radius 1 is 0.900 bits per heavy atom. The molecule has 0 aromatic heterocycles. The number of hydrogen-bond donors (Lipinski definition) is 0. The summed E-state index contributed by atoms with van der Waals surface area (Å²) in [6.45, 7) is 7.65. The van der Waals surface area contributed by atoms with Gasteiger partial charge in [0.1, 0.15) is 0 Å². The molecule has 30 heavy (non-hydrogen) atoms. The van der Waals surface area contributed by atoms with E-state index in [9.17, 15) is 17.8 Å². The van der Waals surface area contributed by atoms with Crippen LogP contribution in [0.25, 0.3) is 0 Å². The van der Waals surface area contributed by atoms with Crippen LogP contribution < -0.4 is 29.6 Å². The van der Waals surface area contributed by atoms with Crippen LogP contribution in [0, 0.1) is 5.92 Å². The molecule has 0 aromatic carbocycles. The van der Waals surface area contributed by atoms with Crippen molar-refractivity contribution in [1.29, 1.82) is 0 Å². The number of unbranched alkanes of at least 4 members (excludes halogenated alkanes) is 11.